The molecule has 2 heterocycles. The molecule has 8 nitrogen and oxygen atoms in total. The number of ketones is 2. The topological polar surface area (TPSA) is 101 Å². The Morgan fingerprint density at radius 1 is 0.958 bits per heavy atom. The molecule has 0 bridgehead atoms. The number of carbonyl (C=O) groups is 3. The quantitative estimate of drug-likeness (QED) is 0.186. The van der Waals surface area contributed by atoms with Crippen LogP contribution in [0.3, 0.4) is 0 Å². The maximum Gasteiger partial charge on any atom is 0.323 e. The number of aryl methyl sites for hydroxylation is 1. The van der Waals surface area contributed by atoms with Gasteiger partial charge in [0.15, 0.2) is 5.78 Å². The van der Waals surface area contributed by atoms with Gasteiger partial charge in [-0.05, 0) is 80.1 Å². The number of benzene rings is 1. The summed E-state index contributed by atoms with van der Waals surface area (Å²) in [6, 6.07) is 9.24. The minimum atomic E-state index is -0.770. The van der Waals surface area contributed by atoms with Gasteiger partial charge in [0.05, 0.1) is 0 Å². The highest BCUT2D eigenvalue weighted by Crippen LogP contribution is 2.38. The largest absolute Gasteiger partial charge is 0.476 e. The van der Waals surface area contributed by atoms with Crippen molar-refractivity contribution in [1.82, 2.24) is 15.2 Å². The molecule has 1 saturated heterocycles. The van der Waals surface area contributed by atoms with Crippen LogP contribution in [-0.4, -0.2) is 53.7 Å². The second-order valence-corrected chi connectivity index (χ2v) is 15.1. The molecular weight excluding hydrogens is 600 g/mol. The van der Waals surface area contributed by atoms with Gasteiger partial charge in [0.25, 0.3) is 0 Å². The molecule has 48 heavy (non-hydrogen) atoms. The first-order valence-electron chi connectivity index (χ1n) is 17.8. The Morgan fingerprint density at radius 2 is 1.71 bits per heavy atom. The molecule has 8 heteroatoms. The molecule has 0 atom stereocenters. The lowest BCUT2D eigenvalue weighted by Gasteiger charge is -2.26. The first-order chi connectivity index (χ1) is 22.8. The molecule has 2 N–H and O–H groups in total. The van der Waals surface area contributed by atoms with Crippen molar-refractivity contribution in [2.45, 2.75) is 106 Å². The number of anilines is 1. The number of likely N-dealkylation sites (tertiary alicyclic amines) is 1. The van der Waals surface area contributed by atoms with Crippen molar-refractivity contribution in [2.75, 3.05) is 31.6 Å². The van der Waals surface area contributed by atoms with Crippen molar-refractivity contribution >= 4 is 23.3 Å². The summed E-state index contributed by atoms with van der Waals surface area (Å²) in [5.74, 6) is 0.586. The Bertz CT molecular complexity index is 1510. The first kappa shape index (κ1) is 37.0. The van der Waals surface area contributed by atoms with Gasteiger partial charge in [0.1, 0.15) is 12.4 Å². The summed E-state index contributed by atoms with van der Waals surface area (Å²) >= 11 is 0. The maximum atomic E-state index is 13.7. The highest BCUT2D eigenvalue weighted by molar-refractivity contribution is 6.04. The van der Waals surface area contributed by atoms with Crippen molar-refractivity contribution in [3.05, 3.63) is 65.0 Å². The van der Waals surface area contributed by atoms with Crippen LogP contribution in [0.4, 0.5) is 10.5 Å². The summed E-state index contributed by atoms with van der Waals surface area (Å²) in [4.78, 5) is 47.0. The van der Waals surface area contributed by atoms with Crippen LogP contribution < -0.4 is 15.4 Å². The molecule has 2 amide bonds. The molecule has 1 aliphatic carbocycles. The number of hydrogen-bond acceptors (Lipinski definition) is 6. The molecule has 2 aliphatic rings. The molecule has 2 aromatic rings. The molecule has 0 unspecified atom stereocenters. The maximum absolute atomic E-state index is 13.7. The van der Waals surface area contributed by atoms with Gasteiger partial charge >= 0.3 is 6.03 Å². The predicted octanol–water partition coefficient (Wildman–Crippen LogP) is 8.81. The van der Waals surface area contributed by atoms with Gasteiger partial charge in [0.2, 0.25) is 5.88 Å². The molecule has 0 radical (unpaired) electrons. The fourth-order valence-electron chi connectivity index (χ4n) is 6.31. The Morgan fingerprint density at radius 3 is 2.38 bits per heavy atom. The second kappa shape index (κ2) is 16.6. The van der Waals surface area contributed by atoms with Crippen LogP contribution in [0.5, 0.6) is 5.88 Å². The third-order valence-corrected chi connectivity index (χ3v) is 9.55. The van der Waals surface area contributed by atoms with E-state index >= 15 is 0 Å². The van der Waals surface area contributed by atoms with Gasteiger partial charge in [-0.25, -0.2) is 9.78 Å². The third-order valence-electron chi connectivity index (χ3n) is 9.55. The number of allylic oxidation sites excluding steroid dienone is 3. The highest BCUT2D eigenvalue weighted by atomic mass is 16.5. The Kier molecular flexibility index (Phi) is 12.8. The van der Waals surface area contributed by atoms with Crippen molar-refractivity contribution in [3.8, 4) is 17.0 Å². The number of unbranched alkanes of at least 4 members (excludes halogenated alkanes) is 2. The van der Waals surface area contributed by atoms with E-state index in [1.54, 1.807) is 6.20 Å². The lowest BCUT2D eigenvalue weighted by atomic mass is 9.79. The summed E-state index contributed by atoms with van der Waals surface area (Å²) < 4.78 is 5.91. The van der Waals surface area contributed by atoms with Crippen LogP contribution in [0.1, 0.15) is 105 Å². The van der Waals surface area contributed by atoms with E-state index in [2.05, 4.69) is 48.2 Å². The smallest absolute Gasteiger partial charge is 0.323 e. The van der Waals surface area contributed by atoms with Crippen LogP contribution in [-0.2, 0) is 9.59 Å². The summed E-state index contributed by atoms with van der Waals surface area (Å²) in [5, 5.41) is 5.94. The molecule has 0 saturated carbocycles. The van der Waals surface area contributed by atoms with E-state index in [-0.39, 0.29) is 23.4 Å². The van der Waals surface area contributed by atoms with E-state index in [0.29, 0.717) is 42.3 Å². The van der Waals surface area contributed by atoms with Crippen LogP contribution in [0.25, 0.3) is 11.1 Å². The minimum Gasteiger partial charge on any atom is -0.476 e. The summed E-state index contributed by atoms with van der Waals surface area (Å²) in [6.45, 7) is 17.9. The molecule has 4 rings (SSSR count). The van der Waals surface area contributed by atoms with E-state index in [0.717, 1.165) is 61.2 Å². The number of hydrogen-bond donors (Lipinski definition) is 2. The predicted molar refractivity (Wildman–Crippen MR) is 194 cm³/mol. The molecule has 0 spiro atoms. The van der Waals surface area contributed by atoms with Crippen molar-refractivity contribution in [2.24, 2.45) is 10.8 Å². The number of nitrogens with one attached hydrogen (secondary N) is 2. The zero-order valence-electron chi connectivity index (χ0n) is 30.3. The zero-order chi connectivity index (χ0) is 34.9. The van der Waals surface area contributed by atoms with Gasteiger partial charge < -0.3 is 15.4 Å². The number of aromatic nitrogens is 1. The molecule has 260 valence electrons. The summed E-state index contributed by atoms with van der Waals surface area (Å²) in [7, 11) is 0. The second-order valence-electron chi connectivity index (χ2n) is 15.1. The number of rotatable bonds is 15. The normalized spacial score (nSPS) is 15.7. The lowest BCUT2D eigenvalue weighted by Crippen LogP contribution is -2.33. The standard InChI is InChI=1S/C40H56N4O4/c1-8-9-11-14-36(46)40(6,7)26-35(45)33-23-30(39(3,4)5)24-34(33)43-38(47)42-31-17-15-28(2)32(25-31)29-16-18-37(41-27-29)48-22-21-44-19-12-10-13-20-44/h15-18,23,25,27H,8-14,19-22,24,26H2,1-7H3,(H2,42,43,47). The highest BCUT2D eigenvalue weighted by Gasteiger charge is 2.34. The van der Waals surface area contributed by atoms with Gasteiger partial charge in [-0.15, -0.1) is 0 Å². The lowest BCUT2D eigenvalue weighted by molar-refractivity contribution is -0.131. The van der Waals surface area contributed by atoms with Crippen LogP contribution in [0.15, 0.2) is 59.4 Å². The molecule has 1 fully saturated rings. The van der Waals surface area contributed by atoms with Crippen LogP contribution in [0, 0.1) is 17.8 Å². The van der Waals surface area contributed by atoms with E-state index in [1.165, 1.54) is 19.3 Å². The Balaban J connectivity index is 1.42. The summed E-state index contributed by atoms with van der Waals surface area (Å²) in [5.41, 5.74) is 4.75. The average Bonchev–Trinajstić information content (AvgIpc) is 3.47. The third kappa shape index (κ3) is 10.4. The van der Waals surface area contributed by atoms with Crippen molar-refractivity contribution in [1.29, 1.82) is 0 Å². The Hall–Kier alpha value is -3.78. The van der Waals surface area contributed by atoms with Crippen molar-refractivity contribution < 1.29 is 19.1 Å². The van der Waals surface area contributed by atoms with E-state index < -0.39 is 11.4 Å². The number of carbonyl (C=O) groups excluding carboxylic acids is 3. The van der Waals surface area contributed by atoms with E-state index in [4.69, 9.17) is 4.74 Å². The SMILES string of the molecule is CCCCCC(=O)C(C)(C)CC(=O)C1=C(NC(=O)Nc2ccc(C)c(-c3ccc(OCCN4CCCCC4)nc3)c2)CC(C(C)(C)C)=C1. The number of urea groups is 1. The zero-order valence-corrected chi connectivity index (χ0v) is 30.3. The monoisotopic (exact) mass is 656 g/mol. The first-order valence-corrected chi connectivity index (χ1v) is 17.8. The Labute approximate surface area is 287 Å². The number of piperidine rings is 1. The van der Waals surface area contributed by atoms with Crippen molar-refractivity contribution in [3.63, 3.8) is 0 Å². The molecule has 1 aliphatic heterocycles. The fourth-order valence-corrected chi connectivity index (χ4v) is 6.31. The fraction of sp³-hybridized carbons (Fsp3) is 0.550. The van der Waals surface area contributed by atoms with E-state index in [1.807, 2.05) is 57.2 Å². The van der Waals surface area contributed by atoms with Crippen LogP contribution in [0.2, 0.25) is 0 Å². The van der Waals surface area contributed by atoms with Gasteiger partial charge in [-0.1, -0.05) is 72.4 Å². The number of amides is 2. The number of Topliss-reactive ketones (excluding diaryl/α,β-unsaturated/α-hetero) is 2. The molecular formula is C40H56N4O4. The van der Waals surface area contributed by atoms with Crippen LogP contribution >= 0.6 is 0 Å². The van der Waals surface area contributed by atoms with E-state index in [9.17, 15) is 14.4 Å². The number of nitrogens with zero attached hydrogens (tertiary/aromatic N) is 2. The van der Waals surface area contributed by atoms with Gasteiger partial charge in [0, 0.05) is 66.0 Å². The molecule has 1 aromatic heterocycles. The summed E-state index contributed by atoms with van der Waals surface area (Å²) in [6.07, 6.45) is 11.5. The number of pyridine rings is 1. The number of ether oxygens (including phenoxy) is 1. The van der Waals surface area contributed by atoms with Gasteiger partial charge in [-0.2, -0.15) is 0 Å². The molecule has 1 aromatic carbocycles. The average molecular weight is 657 g/mol. The van der Waals surface area contributed by atoms with Gasteiger partial charge in [-0.3, -0.25) is 14.5 Å². The minimum absolute atomic E-state index is 0.103.